The standard InChI is InChI=1S/C13H22N2O4S/c1-10(16)13(2,3)15-20(17,18)9-8-19-12-7-5-4-6-11(12)14/h4-7,10,15-16H,8-9,14H2,1-3H3. The van der Waals surface area contributed by atoms with Gasteiger partial charge in [-0.15, -0.1) is 0 Å². The Labute approximate surface area is 120 Å². The number of hydrogen-bond donors (Lipinski definition) is 3. The maximum absolute atomic E-state index is 11.9. The summed E-state index contributed by atoms with van der Waals surface area (Å²) >= 11 is 0. The second kappa shape index (κ2) is 6.43. The number of benzene rings is 1. The fourth-order valence-electron chi connectivity index (χ4n) is 1.41. The highest BCUT2D eigenvalue weighted by Crippen LogP contribution is 2.19. The molecule has 1 atom stereocenters. The lowest BCUT2D eigenvalue weighted by Gasteiger charge is -2.28. The van der Waals surface area contributed by atoms with Gasteiger partial charge in [-0.3, -0.25) is 0 Å². The van der Waals surface area contributed by atoms with Crippen LogP contribution < -0.4 is 15.2 Å². The van der Waals surface area contributed by atoms with Crippen molar-refractivity contribution in [1.29, 1.82) is 0 Å². The molecule has 1 unspecified atom stereocenters. The van der Waals surface area contributed by atoms with Crippen molar-refractivity contribution in [1.82, 2.24) is 4.72 Å². The number of para-hydroxylation sites is 2. The molecule has 0 aliphatic carbocycles. The van der Waals surface area contributed by atoms with E-state index in [-0.39, 0.29) is 12.4 Å². The highest BCUT2D eigenvalue weighted by molar-refractivity contribution is 7.89. The number of nitrogens with two attached hydrogens (primary N) is 1. The maximum atomic E-state index is 11.9. The summed E-state index contributed by atoms with van der Waals surface area (Å²) in [5.74, 6) is 0.245. The summed E-state index contributed by atoms with van der Waals surface area (Å²) in [6.45, 7) is 4.75. The summed E-state index contributed by atoms with van der Waals surface area (Å²) in [6.07, 6.45) is -0.803. The zero-order chi connectivity index (χ0) is 15.4. The molecule has 1 aromatic rings. The molecular weight excluding hydrogens is 280 g/mol. The number of hydrogen-bond acceptors (Lipinski definition) is 5. The van der Waals surface area contributed by atoms with Crippen LogP contribution in [-0.2, 0) is 10.0 Å². The van der Waals surface area contributed by atoms with Crippen LogP contribution in [0.25, 0.3) is 0 Å². The summed E-state index contributed by atoms with van der Waals surface area (Å²) in [5.41, 5.74) is 5.22. The molecular formula is C13H22N2O4S. The van der Waals surface area contributed by atoms with Gasteiger partial charge in [0.2, 0.25) is 10.0 Å². The largest absolute Gasteiger partial charge is 0.490 e. The van der Waals surface area contributed by atoms with Gasteiger partial charge in [0.25, 0.3) is 0 Å². The minimum absolute atomic E-state index is 0.0144. The van der Waals surface area contributed by atoms with E-state index in [4.69, 9.17) is 10.5 Å². The van der Waals surface area contributed by atoms with Crippen molar-refractivity contribution in [3.63, 3.8) is 0 Å². The summed E-state index contributed by atoms with van der Waals surface area (Å²) in [5, 5.41) is 9.51. The van der Waals surface area contributed by atoms with Gasteiger partial charge < -0.3 is 15.6 Å². The fraction of sp³-hybridized carbons (Fsp3) is 0.538. The molecule has 0 aliphatic heterocycles. The Hall–Kier alpha value is -1.31. The van der Waals surface area contributed by atoms with Crippen LogP contribution in [0, 0.1) is 0 Å². The molecule has 1 rings (SSSR count). The van der Waals surface area contributed by atoms with Gasteiger partial charge in [0.1, 0.15) is 12.4 Å². The van der Waals surface area contributed by atoms with Crippen molar-refractivity contribution in [2.45, 2.75) is 32.4 Å². The lowest BCUT2D eigenvalue weighted by atomic mass is 10.0. The minimum Gasteiger partial charge on any atom is -0.490 e. The Morgan fingerprint density at radius 1 is 1.40 bits per heavy atom. The molecule has 0 bridgehead atoms. The van der Waals surface area contributed by atoms with Crippen molar-refractivity contribution in [2.75, 3.05) is 18.1 Å². The number of aliphatic hydroxyl groups is 1. The van der Waals surface area contributed by atoms with Crippen LogP contribution in [0.15, 0.2) is 24.3 Å². The second-order valence-corrected chi connectivity index (χ2v) is 7.05. The Morgan fingerprint density at radius 3 is 2.55 bits per heavy atom. The zero-order valence-electron chi connectivity index (χ0n) is 12.0. The third-order valence-electron chi connectivity index (χ3n) is 2.99. The molecule has 6 nitrogen and oxygen atoms in total. The maximum Gasteiger partial charge on any atom is 0.215 e. The lowest BCUT2D eigenvalue weighted by Crippen LogP contribution is -2.51. The van der Waals surface area contributed by atoms with Gasteiger partial charge in [-0.2, -0.15) is 0 Å². The van der Waals surface area contributed by atoms with E-state index in [2.05, 4.69) is 4.72 Å². The molecule has 0 saturated carbocycles. The van der Waals surface area contributed by atoms with Crippen LogP contribution in [0.4, 0.5) is 5.69 Å². The van der Waals surface area contributed by atoms with Gasteiger partial charge >= 0.3 is 0 Å². The monoisotopic (exact) mass is 302 g/mol. The van der Waals surface area contributed by atoms with Gasteiger partial charge in [-0.25, -0.2) is 13.1 Å². The molecule has 0 heterocycles. The summed E-state index contributed by atoms with van der Waals surface area (Å²) in [7, 11) is -3.54. The van der Waals surface area contributed by atoms with Crippen molar-refractivity contribution >= 4 is 15.7 Å². The molecule has 20 heavy (non-hydrogen) atoms. The second-order valence-electron chi connectivity index (χ2n) is 5.20. The number of ether oxygens (including phenoxy) is 1. The van der Waals surface area contributed by atoms with E-state index in [0.717, 1.165) is 0 Å². The topological polar surface area (TPSA) is 102 Å². The molecule has 0 fully saturated rings. The highest BCUT2D eigenvalue weighted by Gasteiger charge is 2.29. The molecule has 4 N–H and O–H groups in total. The molecule has 114 valence electrons. The van der Waals surface area contributed by atoms with Gasteiger partial charge in [-0.1, -0.05) is 12.1 Å². The minimum atomic E-state index is -3.54. The highest BCUT2D eigenvalue weighted by atomic mass is 32.2. The molecule has 0 saturated heterocycles. The summed E-state index contributed by atoms with van der Waals surface area (Å²) in [4.78, 5) is 0. The molecule has 0 amide bonds. The molecule has 0 spiro atoms. The van der Waals surface area contributed by atoms with E-state index in [0.29, 0.717) is 11.4 Å². The van der Waals surface area contributed by atoms with E-state index in [1.54, 1.807) is 38.1 Å². The number of rotatable bonds is 7. The van der Waals surface area contributed by atoms with Crippen molar-refractivity contribution in [3.8, 4) is 5.75 Å². The van der Waals surface area contributed by atoms with Crippen LogP contribution in [0.1, 0.15) is 20.8 Å². The number of anilines is 1. The van der Waals surface area contributed by atoms with Crippen LogP contribution in [-0.4, -0.2) is 37.5 Å². The van der Waals surface area contributed by atoms with Crippen LogP contribution in [0.2, 0.25) is 0 Å². The first kappa shape index (κ1) is 16.7. The van der Waals surface area contributed by atoms with Gasteiger partial charge in [0.05, 0.1) is 23.1 Å². The Morgan fingerprint density at radius 2 is 2.00 bits per heavy atom. The average Bonchev–Trinajstić information content (AvgIpc) is 2.30. The number of aliphatic hydroxyl groups excluding tert-OH is 1. The first-order valence-electron chi connectivity index (χ1n) is 6.31. The summed E-state index contributed by atoms with van der Waals surface area (Å²) < 4.78 is 31.6. The Bertz CT molecular complexity index is 541. The quantitative estimate of drug-likeness (QED) is 0.644. The molecule has 7 heteroatoms. The Kier molecular flexibility index (Phi) is 5.38. The van der Waals surface area contributed by atoms with Crippen LogP contribution in [0.3, 0.4) is 0 Å². The predicted molar refractivity (Wildman–Crippen MR) is 79.0 cm³/mol. The first-order chi connectivity index (χ1) is 9.14. The zero-order valence-corrected chi connectivity index (χ0v) is 12.8. The average molecular weight is 302 g/mol. The molecule has 1 aromatic carbocycles. The summed E-state index contributed by atoms with van der Waals surface area (Å²) in [6, 6.07) is 6.88. The number of nitrogen functional groups attached to an aromatic ring is 1. The van der Waals surface area contributed by atoms with Crippen molar-refractivity contribution < 1.29 is 18.3 Å². The van der Waals surface area contributed by atoms with E-state index < -0.39 is 21.7 Å². The predicted octanol–water partition coefficient (Wildman–Crippen LogP) is 0.726. The van der Waals surface area contributed by atoms with Gasteiger partial charge in [-0.05, 0) is 32.9 Å². The smallest absolute Gasteiger partial charge is 0.215 e. The molecule has 0 aliphatic rings. The first-order valence-corrected chi connectivity index (χ1v) is 7.96. The third-order valence-corrected chi connectivity index (χ3v) is 4.53. The lowest BCUT2D eigenvalue weighted by molar-refractivity contribution is 0.111. The van der Waals surface area contributed by atoms with Crippen molar-refractivity contribution in [3.05, 3.63) is 24.3 Å². The van der Waals surface area contributed by atoms with E-state index >= 15 is 0 Å². The molecule has 0 radical (unpaired) electrons. The third kappa shape index (κ3) is 4.99. The molecule has 0 aromatic heterocycles. The van der Waals surface area contributed by atoms with E-state index in [1.165, 1.54) is 6.92 Å². The van der Waals surface area contributed by atoms with Gasteiger partial charge in [0, 0.05) is 0 Å². The number of sulfonamides is 1. The number of nitrogens with one attached hydrogen (secondary N) is 1. The SMILES string of the molecule is CC(O)C(C)(C)NS(=O)(=O)CCOc1ccccc1N. The Balaban J connectivity index is 2.55. The van der Waals surface area contributed by atoms with E-state index in [9.17, 15) is 13.5 Å². The van der Waals surface area contributed by atoms with Crippen LogP contribution in [0.5, 0.6) is 5.75 Å². The van der Waals surface area contributed by atoms with Crippen molar-refractivity contribution in [2.24, 2.45) is 0 Å². The fourth-order valence-corrected chi connectivity index (χ4v) is 2.79. The van der Waals surface area contributed by atoms with Crippen LogP contribution >= 0.6 is 0 Å². The van der Waals surface area contributed by atoms with E-state index in [1.807, 2.05) is 0 Å². The van der Waals surface area contributed by atoms with Gasteiger partial charge in [0.15, 0.2) is 0 Å². The normalized spacial score (nSPS) is 14.0.